The number of benzene rings is 3. The predicted molar refractivity (Wildman–Crippen MR) is 129 cm³/mol. The lowest BCUT2D eigenvalue weighted by Crippen LogP contribution is -2.50. The molecule has 0 heterocycles. The minimum Gasteiger partial charge on any atom is -0.497 e. The Hall–Kier alpha value is -2.90. The zero-order valence-electron chi connectivity index (χ0n) is 19.7. The number of hydrogen-bond acceptors (Lipinski definition) is 3. The van der Waals surface area contributed by atoms with Gasteiger partial charge in [0.15, 0.2) is 0 Å². The van der Waals surface area contributed by atoms with Crippen LogP contribution in [-0.4, -0.2) is 19.8 Å². The fourth-order valence-corrected chi connectivity index (χ4v) is 4.89. The zero-order valence-corrected chi connectivity index (χ0v) is 19.7. The van der Waals surface area contributed by atoms with Crippen LogP contribution >= 0.6 is 0 Å². The third kappa shape index (κ3) is 6.03. The van der Waals surface area contributed by atoms with Gasteiger partial charge in [-0.2, -0.15) is 13.2 Å². The van der Waals surface area contributed by atoms with Gasteiger partial charge in [-0.05, 0) is 66.3 Å². The molecule has 3 aromatic carbocycles. The van der Waals surface area contributed by atoms with Gasteiger partial charge in [-0.15, -0.1) is 0 Å². The SMILES string of the molecule is COc1ccc(C(Cc2ccccc2)(NCNC2CCCC2)c2cc(F)cc(C(F)(F)F)c2)cc1. The molecule has 1 fully saturated rings. The Morgan fingerprint density at radius 2 is 1.51 bits per heavy atom. The van der Waals surface area contributed by atoms with E-state index >= 15 is 0 Å². The number of alkyl halides is 3. The molecule has 3 nitrogen and oxygen atoms in total. The molecule has 1 atom stereocenters. The van der Waals surface area contributed by atoms with Crippen molar-refractivity contribution in [3.8, 4) is 5.75 Å². The average molecular weight is 487 g/mol. The number of nitrogens with one attached hydrogen (secondary N) is 2. The first kappa shape index (κ1) is 25.2. The van der Waals surface area contributed by atoms with Crippen LogP contribution < -0.4 is 15.4 Å². The fraction of sp³-hybridized carbons (Fsp3) is 0.357. The number of ether oxygens (including phenoxy) is 1. The highest BCUT2D eigenvalue weighted by Crippen LogP contribution is 2.38. The molecule has 4 rings (SSSR count). The van der Waals surface area contributed by atoms with Crippen molar-refractivity contribution in [2.24, 2.45) is 0 Å². The van der Waals surface area contributed by atoms with Gasteiger partial charge in [0.2, 0.25) is 0 Å². The van der Waals surface area contributed by atoms with E-state index in [1.165, 1.54) is 6.07 Å². The molecule has 0 amide bonds. The molecular weight excluding hydrogens is 456 g/mol. The van der Waals surface area contributed by atoms with Gasteiger partial charge in [0, 0.05) is 12.7 Å². The highest BCUT2D eigenvalue weighted by molar-refractivity contribution is 5.45. The topological polar surface area (TPSA) is 33.3 Å². The molecule has 186 valence electrons. The van der Waals surface area contributed by atoms with Gasteiger partial charge < -0.3 is 10.1 Å². The van der Waals surface area contributed by atoms with Crippen molar-refractivity contribution >= 4 is 0 Å². The van der Waals surface area contributed by atoms with E-state index in [-0.39, 0.29) is 5.56 Å². The lowest BCUT2D eigenvalue weighted by Gasteiger charge is -2.38. The van der Waals surface area contributed by atoms with Crippen molar-refractivity contribution in [2.75, 3.05) is 13.8 Å². The summed E-state index contributed by atoms with van der Waals surface area (Å²) in [5.74, 6) is -0.298. The first-order valence-corrected chi connectivity index (χ1v) is 11.9. The summed E-state index contributed by atoms with van der Waals surface area (Å²) in [6.45, 7) is 0.362. The van der Waals surface area contributed by atoms with Crippen molar-refractivity contribution in [1.82, 2.24) is 10.6 Å². The number of rotatable bonds is 9. The van der Waals surface area contributed by atoms with E-state index in [0.717, 1.165) is 37.3 Å². The van der Waals surface area contributed by atoms with Crippen LogP contribution in [0.2, 0.25) is 0 Å². The number of hydrogen-bond donors (Lipinski definition) is 2. The molecule has 2 N–H and O–H groups in total. The van der Waals surface area contributed by atoms with E-state index in [0.29, 0.717) is 36.5 Å². The normalized spacial score (nSPS) is 16.3. The van der Waals surface area contributed by atoms with Crippen LogP contribution in [0.4, 0.5) is 17.6 Å². The molecule has 1 saturated carbocycles. The largest absolute Gasteiger partial charge is 0.497 e. The van der Waals surface area contributed by atoms with Gasteiger partial charge in [0.1, 0.15) is 11.6 Å². The molecule has 0 radical (unpaired) electrons. The molecule has 1 aliphatic rings. The van der Waals surface area contributed by atoms with Crippen LogP contribution in [0, 0.1) is 5.82 Å². The summed E-state index contributed by atoms with van der Waals surface area (Å²) in [6.07, 6.45) is 0.0983. The lowest BCUT2D eigenvalue weighted by atomic mass is 9.77. The summed E-state index contributed by atoms with van der Waals surface area (Å²) in [7, 11) is 1.55. The monoisotopic (exact) mass is 486 g/mol. The minimum atomic E-state index is -4.67. The van der Waals surface area contributed by atoms with Crippen LogP contribution in [-0.2, 0) is 18.1 Å². The predicted octanol–water partition coefficient (Wildman–Crippen LogP) is 6.42. The summed E-state index contributed by atoms with van der Waals surface area (Å²) in [5.41, 5.74) is -0.291. The third-order valence-corrected chi connectivity index (χ3v) is 6.75. The van der Waals surface area contributed by atoms with Gasteiger partial charge in [0.05, 0.1) is 18.2 Å². The molecule has 0 bridgehead atoms. The van der Waals surface area contributed by atoms with E-state index in [4.69, 9.17) is 4.74 Å². The maximum Gasteiger partial charge on any atom is 0.416 e. The number of methoxy groups -OCH3 is 1. The molecule has 7 heteroatoms. The lowest BCUT2D eigenvalue weighted by molar-refractivity contribution is -0.137. The van der Waals surface area contributed by atoms with E-state index in [9.17, 15) is 17.6 Å². The van der Waals surface area contributed by atoms with Crippen molar-refractivity contribution in [2.45, 2.75) is 49.9 Å². The quantitative estimate of drug-likeness (QED) is 0.271. The Morgan fingerprint density at radius 1 is 0.857 bits per heavy atom. The Balaban J connectivity index is 1.84. The maximum absolute atomic E-state index is 14.7. The van der Waals surface area contributed by atoms with E-state index in [1.54, 1.807) is 19.2 Å². The number of halogens is 4. The summed E-state index contributed by atoms with van der Waals surface area (Å²) < 4.78 is 61.1. The summed E-state index contributed by atoms with van der Waals surface area (Å²) in [6, 6.07) is 19.8. The second kappa shape index (κ2) is 10.8. The van der Waals surface area contributed by atoms with Crippen molar-refractivity contribution in [3.05, 3.63) is 101 Å². The van der Waals surface area contributed by atoms with Crippen LogP contribution in [0.3, 0.4) is 0 Å². The first-order valence-electron chi connectivity index (χ1n) is 11.9. The van der Waals surface area contributed by atoms with Crippen molar-refractivity contribution < 1.29 is 22.3 Å². The smallest absolute Gasteiger partial charge is 0.416 e. The second-order valence-corrected chi connectivity index (χ2v) is 9.06. The van der Waals surface area contributed by atoms with Crippen LogP contribution in [0.5, 0.6) is 5.75 Å². The molecule has 1 unspecified atom stereocenters. The molecular formula is C28H30F4N2O. The Kier molecular flexibility index (Phi) is 7.77. The minimum absolute atomic E-state index is 0.215. The van der Waals surface area contributed by atoms with E-state index in [1.807, 2.05) is 42.5 Å². The summed E-state index contributed by atoms with van der Waals surface area (Å²) in [4.78, 5) is 0. The second-order valence-electron chi connectivity index (χ2n) is 9.06. The van der Waals surface area contributed by atoms with Crippen LogP contribution in [0.25, 0.3) is 0 Å². The van der Waals surface area contributed by atoms with Crippen LogP contribution in [0.15, 0.2) is 72.8 Å². The highest BCUT2D eigenvalue weighted by atomic mass is 19.4. The van der Waals surface area contributed by atoms with E-state index < -0.39 is 23.1 Å². The summed E-state index contributed by atoms with van der Waals surface area (Å²) in [5, 5.41) is 6.99. The molecule has 3 aromatic rings. The Bertz CT molecular complexity index is 1100. The first-order chi connectivity index (χ1) is 16.8. The van der Waals surface area contributed by atoms with Gasteiger partial charge in [-0.25, -0.2) is 4.39 Å². The summed E-state index contributed by atoms with van der Waals surface area (Å²) >= 11 is 0. The average Bonchev–Trinajstić information content (AvgIpc) is 3.37. The molecule has 0 aliphatic heterocycles. The highest BCUT2D eigenvalue weighted by Gasteiger charge is 2.38. The molecule has 35 heavy (non-hydrogen) atoms. The molecule has 0 spiro atoms. The van der Waals surface area contributed by atoms with Gasteiger partial charge in [0.25, 0.3) is 0 Å². The Labute approximate surface area is 203 Å². The fourth-order valence-electron chi connectivity index (χ4n) is 4.89. The molecule has 0 aromatic heterocycles. The maximum atomic E-state index is 14.7. The standard InChI is InChI=1S/C28H30F4N2O/c1-35-26-13-11-21(12-14-26)27(18-20-7-3-2-4-8-20,34-19-33-25-9-5-6-10-25)22-15-23(28(30,31)32)17-24(29)16-22/h2-4,7-8,11-17,25,33-34H,5-6,9-10,18-19H2,1H3. The Morgan fingerprint density at radius 3 is 2.14 bits per heavy atom. The molecule has 1 aliphatic carbocycles. The third-order valence-electron chi connectivity index (χ3n) is 6.75. The zero-order chi connectivity index (χ0) is 24.9. The van der Waals surface area contributed by atoms with Crippen molar-refractivity contribution in [3.63, 3.8) is 0 Å². The van der Waals surface area contributed by atoms with Crippen molar-refractivity contribution in [1.29, 1.82) is 0 Å². The van der Waals surface area contributed by atoms with Crippen LogP contribution in [0.1, 0.15) is 47.9 Å². The molecule has 0 saturated heterocycles. The van der Waals surface area contributed by atoms with Gasteiger partial charge >= 0.3 is 6.18 Å². The van der Waals surface area contributed by atoms with E-state index in [2.05, 4.69) is 10.6 Å². The van der Waals surface area contributed by atoms with Gasteiger partial charge in [-0.1, -0.05) is 55.3 Å². The van der Waals surface area contributed by atoms with Gasteiger partial charge in [-0.3, -0.25) is 5.32 Å².